The number of carbonyl (C=O) groups is 2. The van der Waals surface area contributed by atoms with Gasteiger partial charge < -0.3 is 11.1 Å². The second kappa shape index (κ2) is 5.40. The lowest BCUT2D eigenvalue weighted by atomic mass is 10.1. The number of primary amides is 1. The smallest absolute Gasteiger partial charge is 0.250 e. The molecular formula is C17H16N2O2. The van der Waals surface area contributed by atoms with E-state index in [9.17, 15) is 9.59 Å². The van der Waals surface area contributed by atoms with Gasteiger partial charge in [-0.1, -0.05) is 42.5 Å². The fraction of sp³-hybridized carbons (Fsp3) is 0.176. The van der Waals surface area contributed by atoms with Gasteiger partial charge in [-0.05, 0) is 30.0 Å². The van der Waals surface area contributed by atoms with Gasteiger partial charge in [0.15, 0.2) is 0 Å². The largest absolute Gasteiger partial charge is 0.366 e. The van der Waals surface area contributed by atoms with Crippen molar-refractivity contribution in [2.75, 3.05) is 5.32 Å². The molecule has 1 aliphatic carbocycles. The van der Waals surface area contributed by atoms with Crippen LogP contribution in [0.5, 0.6) is 0 Å². The molecule has 2 aromatic carbocycles. The van der Waals surface area contributed by atoms with Crippen molar-refractivity contribution < 1.29 is 9.59 Å². The Morgan fingerprint density at radius 3 is 2.38 bits per heavy atom. The summed E-state index contributed by atoms with van der Waals surface area (Å²) in [5.74, 6) is -0.362. The zero-order valence-electron chi connectivity index (χ0n) is 11.5. The molecule has 0 unspecified atom stereocenters. The minimum atomic E-state index is -0.540. The molecule has 1 aliphatic rings. The molecule has 0 saturated heterocycles. The van der Waals surface area contributed by atoms with E-state index in [0.717, 1.165) is 6.42 Å². The van der Waals surface area contributed by atoms with Crippen molar-refractivity contribution in [3.05, 3.63) is 65.7 Å². The highest BCUT2D eigenvalue weighted by atomic mass is 16.2. The van der Waals surface area contributed by atoms with Crippen molar-refractivity contribution in [1.29, 1.82) is 0 Å². The molecule has 1 fully saturated rings. The average Bonchev–Trinajstić information content (AvgIpc) is 3.29. The molecule has 0 spiro atoms. The highest BCUT2D eigenvalue weighted by molar-refractivity contribution is 6.04. The molecule has 2 amide bonds. The maximum atomic E-state index is 12.3. The second-order valence-electron chi connectivity index (χ2n) is 5.26. The number of benzene rings is 2. The Morgan fingerprint density at radius 2 is 1.67 bits per heavy atom. The zero-order valence-corrected chi connectivity index (χ0v) is 11.5. The Morgan fingerprint density at radius 1 is 1.00 bits per heavy atom. The van der Waals surface area contributed by atoms with Gasteiger partial charge in [-0.3, -0.25) is 9.59 Å². The summed E-state index contributed by atoms with van der Waals surface area (Å²) in [6.45, 7) is 0. The van der Waals surface area contributed by atoms with Crippen LogP contribution in [0.3, 0.4) is 0 Å². The molecule has 0 heterocycles. The number of para-hydroxylation sites is 1. The third kappa shape index (κ3) is 2.79. The number of nitrogens with two attached hydrogens (primary N) is 1. The van der Waals surface area contributed by atoms with E-state index in [-0.39, 0.29) is 17.7 Å². The topological polar surface area (TPSA) is 72.2 Å². The number of nitrogens with one attached hydrogen (secondary N) is 1. The summed E-state index contributed by atoms with van der Waals surface area (Å²) in [6, 6.07) is 16.8. The Balaban J connectivity index is 1.70. The summed E-state index contributed by atoms with van der Waals surface area (Å²) in [6.07, 6.45) is 0.842. The van der Waals surface area contributed by atoms with Crippen molar-refractivity contribution in [1.82, 2.24) is 0 Å². The first kappa shape index (κ1) is 13.4. The van der Waals surface area contributed by atoms with Crippen LogP contribution in [-0.4, -0.2) is 11.8 Å². The van der Waals surface area contributed by atoms with Gasteiger partial charge in [0.1, 0.15) is 0 Å². The van der Waals surface area contributed by atoms with Gasteiger partial charge in [0.25, 0.3) is 5.91 Å². The number of anilines is 1. The zero-order chi connectivity index (χ0) is 14.8. The van der Waals surface area contributed by atoms with Crippen LogP contribution in [0.1, 0.15) is 28.3 Å². The molecule has 106 valence electrons. The lowest BCUT2D eigenvalue weighted by molar-refractivity contribution is -0.117. The van der Waals surface area contributed by atoms with E-state index in [1.807, 2.05) is 30.3 Å². The van der Waals surface area contributed by atoms with Crippen LogP contribution >= 0.6 is 0 Å². The SMILES string of the molecule is NC(=O)c1ccccc1NC(=O)[C@H]1C[C@H]1c1ccccc1. The maximum absolute atomic E-state index is 12.3. The van der Waals surface area contributed by atoms with Crippen LogP contribution in [0, 0.1) is 5.92 Å². The predicted molar refractivity (Wildman–Crippen MR) is 80.9 cm³/mol. The second-order valence-corrected chi connectivity index (χ2v) is 5.26. The number of carbonyl (C=O) groups excluding carboxylic acids is 2. The van der Waals surface area contributed by atoms with Crippen molar-refractivity contribution in [2.24, 2.45) is 11.7 Å². The standard InChI is InChI=1S/C17H16N2O2/c18-16(20)12-8-4-5-9-15(12)19-17(21)14-10-13(14)11-6-2-1-3-7-11/h1-9,13-14H,10H2,(H2,18,20)(H,19,21)/t13-,14-/m0/s1. The van der Waals surface area contributed by atoms with E-state index in [2.05, 4.69) is 5.32 Å². The number of amides is 2. The first-order chi connectivity index (χ1) is 10.2. The highest BCUT2D eigenvalue weighted by Gasteiger charge is 2.43. The van der Waals surface area contributed by atoms with E-state index in [1.165, 1.54) is 5.56 Å². The molecule has 3 N–H and O–H groups in total. The van der Waals surface area contributed by atoms with Crippen molar-refractivity contribution in [3.63, 3.8) is 0 Å². The van der Waals surface area contributed by atoms with Gasteiger partial charge in [0, 0.05) is 5.92 Å². The van der Waals surface area contributed by atoms with E-state index in [4.69, 9.17) is 5.73 Å². The third-order valence-electron chi connectivity index (χ3n) is 3.81. The molecule has 4 heteroatoms. The summed E-state index contributed by atoms with van der Waals surface area (Å²) < 4.78 is 0. The molecule has 0 radical (unpaired) electrons. The molecule has 21 heavy (non-hydrogen) atoms. The van der Waals surface area contributed by atoms with E-state index >= 15 is 0 Å². The van der Waals surface area contributed by atoms with Crippen LogP contribution < -0.4 is 11.1 Å². The van der Waals surface area contributed by atoms with Gasteiger partial charge in [0.05, 0.1) is 11.3 Å². The first-order valence-corrected chi connectivity index (χ1v) is 6.91. The molecule has 0 aliphatic heterocycles. The summed E-state index contributed by atoms with van der Waals surface area (Å²) in [7, 11) is 0. The van der Waals surface area contributed by atoms with E-state index in [0.29, 0.717) is 11.3 Å². The summed E-state index contributed by atoms with van der Waals surface area (Å²) >= 11 is 0. The Hall–Kier alpha value is -2.62. The van der Waals surface area contributed by atoms with E-state index in [1.54, 1.807) is 24.3 Å². The first-order valence-electron chi connectivity index (χ1n) is 6.91. The normalized spacial score (nSPS) is 19.8. The molecule has 4 nitrogen and oxygen atoms in total. The van der Waals surface area contributed by atoms with Gasteiger partial charge >= 0.3 is 0 Å². The monoisotopic (exact) mass is 280 g/mol. The Bertz CT molecular complexity index is 682. The van der Waals surface area contributed by atoms with Crippen molar-refractivity contribution in [3.8, 4) is 0 Å². The van der Waals surface area contributed by atoms with Crippen LogP contribution in [0.25, 0.3) is 0 Å². The van der Waals surface area contributed by atoms with Crippen LogP contribution in [0.15, 0.2) is 54.6 Å². The molecule has 2 atom stereocenters. The number of rotatable bonds is 4. The average molecular weight is 280 g/mol. The lowest BCUT2D eigenvalue weighted by Gasteiger charge is -2.08. The Kier molecular flexibility index (Phi) is 3.44. The van der Waals surface area contributed by atoms with E-state index < -0.39 is 5.91 Å². The quantitative estimate of drug-likeness (QED) is 0.903. The fourth-order valence-electron chi connectivity index (χ4n) is 2.59. The lowest BCUT2D eigenvalue weighted by Crippen LogP contribution is -2.19. The van der Waals surface area contributed by atoms with Crippen molar-refractivity contribution in [2.45, 2.75) is 12.3 Å². The van der Waals surface area contributed by atoms with Crippen molar-refractivity contribution >= 4 is 17.5 Å². The van der Waals surface area contributed by atoms with Crippen LogP contribution in [-0.2, 0) is 4.79 Å². The minimum absolute atomic E-state index is 0.0340. The molecule has 2 aromatic rings. The van der Waals surface area contributed by atoms with Gasteiger partial charge in [-0.25, -0.2) is 0 Å². The minimum Gasteiger partial charge on any atom is -0.366 e. The van der Waals surface area contributed by atoms with Gasteiger partial charge in [-0.15, -0.1) is 0 Å². The Labute approximate surface area is 123 Å². The fourth-order valence-corrected chi connectivity index (χ4v) is 2.59. The molecule has 0 aromatic heterocycles. The number of hydrogen-bond donors (Lipinski definition) is 2. The van der Waals surface area contributed by atoms with Crippen LogP contribution in [0.4, 0.5) is 5.69 Å². The maximum Gasteiger partial charge on any atom is 0.250 e. The van der Waals surface area contributed by atoms with Gasteiger partial charge in [0.2, 0.25) is 5.91 Å². The summed E-state index contributed by atoms with van der Waals surface area (Å²) in [4.78, 5) is 23.6. The van der Waals surface area contributed by atoms with Crippen LogP contribution in [0.2, 0.25) is 0 Å². The number of hydrogen-bond acceptors (Lipinski definition) is 2. The molecular weight excluding hydrogens is 264 g/mol. The highest BCUT2D eigenvalue weighted by Crippen LogP contribution is 2.47. The summed E-state index contributed by atoms with van der Waals surface area (Å²) in [5.41, 5.74) is 7.31. The predicted octanol–water partition coefficient (Wildman–Crippen LogP) is 2.53. The molecule has 3 rings (SSSR count). The van der Waals surface area contributed by atoms with Gasteiger partial charge in [-0.2, -0.15) is 0 Å². The summed E-state index contributed by atoms with van der Waals surface area (Å²) in [5, 5.41) is 2.81. The molecule has 1 saturated carbocycles. The third-order valence-corrected chi connectivity index (χ3v) is 3.81. The molecule has 0 bridgehead atoms.